The molecule has 2 N–H and O–H groups in total. The molecule has 2 fully saturated rings. The number of aromatic nitrogens is 2. The molecule has 0 spiro atoms. The zero-order valence-electron chi connectivity index (χ0n) is 17.2. The SMILES string of the molecule is COc1ccc(F)c([C@@H]2NC(=O)CC[C@H]2NCc2cnc(N3CCCCC3)nc2)c1. The van der Waals surface area contributed by atoms with Crippen LogP contribution in [0.15, 0.2) is 30.6 Å². The summed E-state index contributed by atoms with van der Waals surface area (Å²) in [7, 11) is 1.54. The van der Waals surface area contributed by atoms with Gasteiger partial charge < -0.3 is 20.3 Å². The largest absolute Gasteiger partial charge is 0.497 e. The van der Waals surface area contributed by atoms with Crippen molar-refractivity contribution in [3.63, 3.8) is 0 Å². The van der Waals surface area contributed by atoms with Crippen LogP contribution in [0.2, 0.25) is 0 Å². The molecule has 0 aliphatic carbocycles. The molecule has 0 bridgehead atoms. The minimum absolute atomic E-state index is 0.0745. The second-order valence-electron chi connectivity index (χ2n) is 7.90. The molecule has 1 aromatic carbocycles. The number of methoxy groups -OCH3 is 1. The predicted octanol–water partition coefficient (Wildman–Crippen LogP) is 2.72. The quantitative estimate of drug-likeness (QED) is 0.758. The highest BCUT2D eigenvalue weighted by Crippen LogP contribution is 2.29. The van der Waals surface area contributed by atoms with E-state index in [2.05, 4.69) is 25.5 Å². The van der Waals surface area contributed by atoms with Crippen LogP contribution in [0.25, 0.3) is 0 Å². The molecule has 2 saturated heterocycles. The molecule has 2 aliphatic rings. The van der Waals surface area contributed by atoms with Crippen molar-refractivity contribution in [1.29, 1.82) is 0 Å². The monoisotopic (exact) mass is 413 g/mol. The number of carbonyl (C=O) groups is 1. The van der Waals surface area contributed by atoms with Gasteiger partial charge in [0.2, 0.25) is 11.9 Å². The topological polar surface area (TPSA) is 79.4 Å². The van der Waals surface area contributed by atoms with Gasteiger partial charge >= 0.3 is 0 Å². The molecule has 30 heavy (non-hydrogen) atoms. The molecule has 0 saturated carbocycles. The molecular formula is C22H28FN5O2. The van der Waals surface area contributed by atoms with Crippen molar-refractivity contribution < 1.29 is 13.9 Å². The van der Waals surface area contributed by atoms with E-state index in [-0.39, 0.29) is 17.8 Å². The first kappa shape index (κ1) is 20.5. The third kappa shape index (κ3) is 4.70. The Kier molecular flexibility index (Phi) is 6.42. The van der Waals surface area contributed by atoms with E-state index >= 15 is 0 Å². The molecule has 7 nitrogen and oxygen atoms in total. The second kappa shape index (κ2) is 9.38. The Morgan fingerprint density at radius 3 is 2.73 bits per heavy atom. The van der Waals surface area contributed by atoms with E-state index in [4.69, 9.17) is 4.74 Å². The molecule has 4 rings (SSSR count). The number of nitrogens with one attached hydrogen (secondary N) is 2. The summed E-state index contributed by atoms with van der Waals surface area (Å²) in [5, 5.41) is 6.38. The number of rotatable bonds is 6. The summed E-state index contributed by atoms with van der Waals surface area (Å²) in [5.41, 5.74) is 1.38. The number of hydrogen-bond donors (Lipinski definition) is 2. The number of halogens is 1. The number of ether oxygens (including phenoxy) is 1. The summed E-state index contributed by atoms with van der Waals surface area (Å²) in [6, 6.07) is 4.03. The highest BCUT2D eigenvalue weighted by atomic mass is 19.1. The van der Waals surface area contributed by atoms with Gasteiger partial charge in [0.15, 0.2) is 0 Å². The van der Waals surface area contributed by atoms with Crippen molar-refractivity contribution in [2.45, 2.75) is 50.7 Å². The van der Waals surface area contributed by atoms with E-state index in [0.717, 1.165) is 24.6 Å². The van der Waals surface area contributed by atoms with Crippen molar-refractivity contribution in [3.05, 3.63) is 47.5 Å². The molecule has 2 aliphatic heterocycles. The van der Waals surface area contributed by atoms with Crippen LogP contribution in [-0.2, 0) is 11.3 Å². The van der Waals surface area contributed by atoms with E-state index in [1.54, 1.807) is 19.2 Å². The van der Waals surface area contributed by atoms with Gasteiger partial charge in [0.25, 0.3) is 0 Å². The zero-order valence-corrected chi connectivity index (χ0v) is 17.2. The third-order valence-electron chi connectivity index (χ3n) is 5.84. The van der Waals surface area contributed by atoms with Crippen molar-refractivity contribution in [1.82, 2.24) is 20.6 Å². The maximum atomic E-state index is 14.5. The molecule has 2 atom stereocenters. The molecule has 2 aromatic rings. The molecule has 160 valence electrons. The van der Waals surface area contributed by atoms with Crippen molar-refractivity contribution >= 4 is 11.9 Å². The van der Waals surface area contributed by atoms with Crippen molar-refractivity contribution in [2.75, 3.05) is 25.1 Å². The molecule has 1 aromatic heterocycles. The molecule has 1 amide bonds. The van der Waals surface area contributed by atoms with Gasteiger partial charge in [-0.2, -0.15) is 0 Å². The van der Waals surface area contributed by atoms with Crippen LogP contribution in [0.5, 0.6) is 5.75 Å². The van der Waals surface area contributed by atoms with Crippen molar-refractivity contribution in [2.24, 2.45) is 0 Å². The number of benzene rings is 1. The highest BCUT2D eigenvalue weighted by Gasteiger charge is 2.31. The average Bonchev–Trinajstić information content (AvgIpc) is 2.79. The first-order chi connectivity index (χ1) is 14.6. The van der Waals surface area contributed by atoms with Gasteiger partial charge in [-0.1, -0.05) is 0 Å². The highest BCUT2D eigenvalue weighted by molar-refractivity contribution is 5.77. The standard InChI is InChI=1S/C22H28FN5O2/c1-30-16-5-6-18(23)17(11-16)21-19(7-8-20(29)27-21)24-12-15-13-25-22(26-14-15)28-9-3-2-4-10-28/h5-6,11,13-14,19,21,24H,2-4,7-10,12H2,1H3,(H,27,29)/t19-,21+/m1/s1. The van der Waals surface area contributed by atoms with Crippen molar-refractivity contribution in [3.8, 4) is 5.75 Å². The van der Waals surface area contributed by atoms with Gasteiger partial charge in [-0.3, -0.25) is 4.79 Å². The average molecular weight is 413 g/mol. The minimum Gasteiger partial charge on any atom is -0.497 e. The lowest BCUT2D eigenvalue weighted by molar-refractivity contribution is -0.123. The van der Waals surface area contributed by atoms with Gasteiger partial charge in [-0.15, -0.1) is 0 Å². The molecule has 0 radical (unpaired) electrons. The summed E-state index contributed by atoms with van der Waals surface area (Å²) in [5.74, 6) is 0.907. The van der Waals surface area contributed by atoms with Crippen LogP contribution in [0.1, 0.15) is 49.3 Å². The lowest BCUT2D eigenvalue weighted by atomic mass is 9.91. The van der Waals surface area contributed by atoms with Gasteiger partial charge in [0.1, 0.15) is 11.6 Å². The Labute approximate surface area is 176 Å². The Morgan fingerprint density at radius 2 is 2.00 bits per heavy atom. The van der Waals surface area contributed by atoms with E-state index < -0.39 is 6.04 Å². The Bertz CT molecular complexity index is 870. The fourth-order valence-corrected chi connectivity index (χ4v) is 4.15. The van der Waals surface area contributed by atoms with Crippen LogP contribution in [0.3, 0.4) is 0 Å². The molecule has 0 unspecified atom stereocenters. The fourth-order valence-electron chi connectivity index (χ4n) is 4.15. The summed E-state index contributed by atoms with van der Waals surface area (Å²) in [6.07, 6.45) is 8.35. The van der Waals surface area contributed by atoms with Crippen LogP contribution in [-0.4, -0.2) is 42.1 Å². The minimum atomic E-state index is -0.463. The Balaban J connectivity index is 1.44. The predicted molar refractivity (Wildman–Crippen MR) is 112 cm³/mol. The number of anilines is 1. The maximum Gasteiger partial charge on any atom is 0.225 e. The maximum absolute atomic E-state index is 14.5. The van der Waals surface area contributed by atoms with E-state index in [9.17, 15) is 9.18 Å². The lowest BCUT2D eigenvalue weighted by Gasteiger charge is -2.33. The van der Waals surface area contributed by atoms with Gasteiger partial charge in [-0.05, 0) is 43.9 Å². The number of piperidine rings is 2. The Morgan fingerprint density at radius 1 is 1.23 bits per heavy atom. The second-order valence-corrected chi connectivity index (χ2v) is 7.90. The molecule has 3 heterocycles. The van der Waals surface area contributed by atoms with Crippen LogP contribution in [0.4, 0.5) is 10.3 Å². The summed E-state index contributed by atoms with van der Waals surface area (Å²) in [6.45, 7) is 2.56. The van der Waals surface area contributed by atoms with Crippen LogP contribution >= 0.6 is 0 Å². The number of nitrogens with zero attached hydrogens (tertiary/aromatic N) is 3. The molecule has 8 heteroatoms. The van der Waals surface area contributed by atoms with E-state index in [1.807, 2.05) is 12.4 Å². The summed E-state index contributed by atoms with van der Waals surface area (Å²) in [4.78, 5) is 23.3. The van der Waals surface area contributed by atoms with Gasteiger partial charge in [0, 0.05) is 55.6 Å². The zero-order chi connectivity index (χ0) is 20.9. The number of hydrogen-bond acceptors (Lipinski definition) is 6. The van der Waals surface area contributed by atoms with Crippen LogP contribution < -0.4 is 20.3 Å². The molecular weight excluding hydrogens is 385 g/mol. The Hall–Kier alpha value is -2.74. The van der Waals surface area contributed by atoms with Gasteiger partial charge in [0.05, 0.1) is 13.2 Å². The first-order valence-corrected chi connectivity index (χ1v) is 10.6. The van der Waals surface area contributed by atoms with Gasteiger partial charge in [-0.25, -0.2) is 14.4 Å². The normalized spacial score (nSPS) is 21.9. The smallest absolute Gasteiger partial charge is 0.225 e. The van der Waals surface area contributed by atoms with E-state index in [1.165, 1.54) is 25.3 Å². The first-order valence-electron chi connectivity index (χ1n) is 10.6. The number of carbonyl (C=O) groups excluding carboxylic acids is 1. The fraction of sp³-hybridized carbons (Fsp3) is 0.500. The summed E-state index contributed by atoms with van der Waals surface area (Å²) < 4.78 is 19.7. The van der Waals surface area contributed by atoms with Crippen LogP contribution in [0, 0.1) is 5.82 Å². The lowest BCUT2D eigenvalue weighted by Crippen LogP contribution is -2.48. The third-order valence-corrected chi connectivity index (χ3v) is 5.84. The summed E-state index contributed by atoms with van der Waals surface area (Å²) >= 11 is 0. The van der Waals surface area contributed by atoms with E-state index in [0.29, 0.717) is 30.7 Å². The number of amides is 1.